The van der Waals surface area contributed by atoms with Gasteiger partial charge < -0.3 is 10.3 Å². The lowest BCUT2D eigenvalue weighted by Gasteiger charge is -2.32. The maximum atomic E-state index is 5.97. The van der Waals surface area contributed by atoms with Crippen LogP contribution in [0.15, 0.2) is 36.8 Å². The number of benzene rings is 1. The van der Waals surface area contributed by atoms with Crippen LogP contribution in [0.4, 0.5) is 0 Å². The zero-order chi connectivity index (χ0) is 13.9. The number of imidazole rings is 1. The summed E-state index contributed by atoms with van der Waals surface area (Å²) in [6, 6.07) is 9.20. The summed E-state index contributed by atoms with van der Waals surface area (Å²) in [6.45, 7) is 2.89. The Morgan fingerprint density at radius 1 is 1.20 bits per heavy atom. The Hall–Kier alpha value is -1.61. The Kier molecular flexibility index (Phi) is 3.88. The van der Waals surface area contributed by atoms with Crippen LogP contribution in [-0.2, 0) is 0 Å². The van der Waals surface area contributed by atoms with Gasteiger partial charge in [-0.3, -0.25) is 0 Å². The summed E-state index contributed by atoms with van der Waals surface area (Å²) in [6.07, 6.45) is 9.03. The molecule has 3 heteroatoms. The molecule has 1 aliphatic carbocycles. The van der Waals surface area contributed by atoms with Gasteiger partial charge in [0.2, 0.25) is 0 Å². The maximum absolute atomic E-state index is 5.97. The van der Waals surface area contributed by atoms with Gasteiger partial charge in [-0.25, -0.2) is 4.98 Å². The van der Waals surface area contributed by atoms with E-state index in [1.807, 2.05) is 12.5 Å². The highest BCUT2D eigenvalue weighted by Crippen LogP contribution is 2.36. The van der Waals surface area contributed by atoms with Crippen LogP contribution >= 0.6 is 0 Å². The average molecular weight is 269 g/mol. The Morgan fingerprint density at radius 3 is 2.70 bits per heavy atom. The second-order valence-electron chi connectivity index (χ2n) is 5.90. The second-order valence-corrected chi connectivity index (χ2v) is 5.90. The quantitative estimate of drug-likeness (QED) is 0.926. The van der Waals surface area contributed by atoms with Gasteiger partial charge >= 0.3 is 0 Å². The molecule has 1 heterocycles. The summed E-state index contributed by atoms with van der Waals surface area (Å²) in [5.41, 5.74) is 9.73. The number of nitrogens with zero attached hydrogens (tertiary/aromatic N) is 2. The van der Waals surface area contributed by atoms with Gasteiger partial charge in [-0.05, 0) is 37.8 Å². The molecule has 0 radical (unpaired) electrons. The third-order valence-electron chi connectivity index (χ3n) is 4.54. The van der Waals surface area contributed by atoms with Gasteiger partial charge in [-0.15, -0.1) is 0 Å². The smallest absolute Gasteiger partial charge is 0.0953 e. The molecule has 0 spiro atoms. The fourth-order valence-electron chi connectivity index (χ4n) is 3.35. The van der Waals surface area contributed by atoms with Crippen molar-refractivity contribution in [1.29, 1.82) is 0 Å². The summed E-state index contributed by atoms with van der Waals surface area (Å²) in [5, 5.41) is 0. The molecular weight excluding hydrogens is 246 g/mol. The topological polar surface area (TPSA) is 43.8 Å². The van der Waals surface area contributed by atoms with E-state index in [0.717, 1.165) is 6.54 Å². The summed E-state index contributed by atoms with van der Waals surface area (Å²) in [7, 11) is 0. The molecule has 0 saturated heterocycles. The predicted octanol–water partition coefficient (Wildman–Crippen LogP) is 3.55. The van der Waals surface area contributed by atoms with Gasteiger partial charge in [0.1, 0.15) is 0 Å². The van der Waals surface area contributed by atoms with Crippen molar-refractivity contribution < 1.29 is 0 Å². The summed E-state index contributed by atoms with van der Waals surface area (Å²) in [5.74, 6) is 0.585. The number of aryl methyl sites for hydroxylation is 1. The van der Waals surface area contributed by atoms with Crippen molar-refractivity contribution >= 4 is 0 Å². The second kappa shape index (κ2) is 5.80. The number of aromatic nitrogens is 2. The average Bonchev–Trinajstić information content (AvgIpc) is 2.97. The molecule has 1 aromatic carbocycles. The molecule has 0 amide bonds. The highest BCUT2D eigenvalue weighted by Gasteiger charge is 2.26. The SMILES string of the molecule is Cc1ccc(-c2cncn2C2CCCCC2CN)cc1. The molecule has 2 aromatic rings. The van der Waals surface area contributed by atoms with Gasteiger partial charge in [0, 0.05) is 6.04 Å². The number of hydrogen-bond acceptors (Lipinski definition) is 2. The van der Waals surface area contributed by atoms with Crippen LogP contribution in [0.2, 0.25) is 0 Å². The molecule has 3 rings (SSSR count). The highest BCUT2D eigenvalue weighted by molar-refractivity contribution is 5.59. The molecule has 2 N–H and O–H groups in total. The normalized spacial score (nSPS) is 22.9. The summed E-state index contributed by atoms with van der Waals surface area (Å²) in [4.78, 5) is 4.39. The van der Waals surface area contributed by atoms with Crippen molar-refractivity contribution in [3.63, 3.8) is 0 Å². The van der Waals surface area contributed by atoms with Gasteiger partial charge in [0.25, 0.3) is 0 Å². The fourth-order valence-corrected chi connectivity index (χ4v) is 3.35. The van der Waals surface area contributed by atoms with Gasteiger partial charge in [0.15, 0.2) is 0 Å². The standard InChI is InChI=1S/C17H23N3/c1-13-6-8-14(9-7-13)17-11-19-12-20(17)16-5-3-2-4-15(16)10-18/h6-9,11-12,15-16H,2-5,10,18H2,1H3. The molecule has 1 aliphatic rings. The zero-order valence-corrected chi connectivity index (χ0v) is 12.1. The van der Waals surface area contributed by atoms with Crippen LogP contribution in [-0.4, -0.2) is 16.1 Å². The predicted molar refractivity (Wildman–Crippen MR) is 82.4 cm³/mol. The third kappa shape index (κ3) is 2.50. The minimum absolute atomic E-state index is 0.507. The first-order valence-corrected chi connectivity index (χ1v) is 7.58. The Morgan fingerprint density at radius 2 is 1.95 bits per heavy atom. The molecule has 1 saturated carbocycles. The summed E-state index contributed by atoms with van der Waals surface area (Å²) < 4.78 is 2.35. The van der Waals surface area contributed by atoms with E-state index >= 15 is 0 Å². The molecule has 2 unspecified atom stereocenters. The zero-order valence-electron chi connectivity index (χ0n) is 12.1. The van der Waals surface area contributed by atoms with Crippen molar-refractivity contribution in [2.75, 3.05) is 6.54 Å². The van der Waals surface area contributed by atoms with Crippen molar-refractivity contribution in [2.45, 2.75) is 38.6 Å². The monoisotopic (exact) mass is 269 g/mol. The van der Waals surface area contributed by atoms with Crippen molar-refractivity contribution in [2.24, 2.45) is 11.7 Å². The van der Waals surface area contributed by atoms with Crippen molar-refractivity contribution in [3.05, 3.63) is 42.4 Å². The molecule has 2 atom stereocenters. The number of nitrogens with two attached hydrogens (primary N) is 1. The van der Waals surface area contributed by atoms with E-state index in [4.69, 9.17) is 5.73 Å². The van der Waals surface area contributed by atoms with Crippen LogP contribution in [0, 0.1) is 12.8 Å². The van der Waals surface area contributed by atoms with Gasteiger partial charge in [-0.2, -0.15) is 0 Å². The molecule has 1 aromatic heterocycles. The van der Waals surface area contributed by atoms with Crippen molar-refractivity contribution in [1.82, 2.24) is 9.55 Å². The molecule has 0 bridgehead atoms. The van der Waals surface area contributed by atoms with E-state index in [-0.39, 0.29) is 0 Å². The van der Waals surface area contributed by atoms with E-state index < -0.39 is 0 Å². The van der Waals surface area contributed by atoms with E-state index in [1.54, 1.807) is 0 Å². The number of hydrogen-bond donors (Lipinski definition) is 1. The lowest BCUT2D eigenvalue weighted by Crippen LogP contribution is -2.29. The van der Waals surface area contributed by atoms with Crippen LogP contribution in [0.5, 0.6) is 0 Å². The highest BCUT2D eigenvalue weighted by atomic mass is 15.1. The largest absolute Gasteiger partial charge is 0.330 e. The fraction of sp³-hybridized carbons (Fsp3) is 0.471. The van der Waals surface area contributed by atoms with Gasteiger partial charge in [-0.1, -0.05) is 42.7 Å². The first kappa shape index (κ1) is 13.4. The minimum Gasteiger partial charge on any atom is -0.330 e. The lowest BCUT2D eigenvalue weighted by atomic mass is 9.84. The van der Waals surface area contributed by atoms with E-state index in [9.17, 15) is 0 Å². The molecular formula is C17H23N3. The molecule has 20 heavy (non-hydrogen) atoms. The summed E-state index contributed by atoms with van der Waals surface area (Å²) >= 11 is 0. The number of rotatable bonds is 3. The molecule has 106 valence electrons. The van der Waals surface area contributed by atoms with E-state index in [0.29, 0.717) is 12.0 Å². The first-order valence-electron chi connectivity index (χ1n) is 7.58. The van der Waals surface area contributed by atoms with E-state index in [1.165, 1.54) is 42.5 Å². The third-order valence-corrected chi connectivity index (χ3v) is 4.54. The van der Waals surface area contributed by atoms with Crippen LogP contribution < -0.4 is 5.73 Å². The first-order chi connectivity index (χ1) is 9.79. The molecule has 3 nitrogen and oxygen atoms in total. The lowest BCUT2D eigenvalue weighted by molar-refractivity contribution is 0.246. The van der Waals surface area contributed by atoms with Crippen LogP contribution in [0.1, 0.15) is 37.3 Å². The van der Waals surface area contributed by atoms with Crippen molar-refractivity contribution in [3.8, 4) is 11.3 Å². The molecule has 0 aliphatic heterocycles. The molecule has 1 fully saturated rings. The Labute approximate surface area is 120 Å². The van der Waals surface area contributed by atoms with Crippen LogP contribution in [0.25, 0.3) is 11.3 Å². The van der Waals surface area contributed by atoms with E-state index in [2.05, 4.69) is 40.7 Å². The minimum atomic E-state index is 0.507. The van der Waals surface area contributed by atoms with Crippen LogP contribution in [0.3, 0.4) is 0 Å². The maximum Gasteiger partial charge on any atom is 0.0953 e. The van der Waals surface area contributed by atoms with Gasteiger partial charge in [0.05, 0.1) is 18.2 Å². The Bertz CT molecular complexity index is 556. The Balaban J connectivity index is 1.95.